The lowest BCUT2D eigenvalue weighted by Crippen LogP contribution is -2.15. The average molecular weight is 228 g/mol. The molecule has 1 rings (SSSR count). The number of nitrogens with zero attached hydrogens (tertiary/aromatic N) is 1. The topological polar surface area (TPSA) is 95.6 Å². The Morgan fingerprint density at radius 3 is 2.94 bits per heavy atom. The maximum Gasteiger partial charge on any atom is 0.357 e. The zero-order chi connectivity index (χ0) is 12.0. The van der Waals surface area contributed by atoms with Crippen molar-refractivity contribution in [2.45, 2.75) is 19.8 Å². The van der Waals surface area contributed by atoms with E-state index in [4.69, 9.17) is 14.6 Å². The Hall–Kier alpha value is -1.56. The summed E-state index contributed by atoms with van der Waals surface area (Å²) in [4.78, 5) is 14.3. The summed E-state index contributed by atoms with van der Waals surface area (Å²) in [5.41, 5.74) is -0.113. The predicted octanol–water partition coefficient (Wildman–Crippen LogP) is 1.19. The summed E-state index contributed by atoms with van der Waals surface area (Å²) in [6.07, 6.45) is 2.73. The van der Waals surface area contributed by atoms with Gasteiger partial charge in [-0.25, -0.2) is 4.79 Å². The van der Waals surface area contributed by atoms with Crippen molar-refractivity contribution in [3.8, 4) is 0 Å². The fourth-order valence-corrected chi connectivity index (χ4v) is 1.32. The first-order valence-electron chi connectivity index (χ1n) is 5.21. The molecule has 1 aromatic heterocycles. The van der Waals surface area contributed by atoms with Crippen LogP contribution >= 0.6 is 0 Å². The summed E-state index contributed by atoms with van der Waals surface area (Å²) in [7, 11) is 0. The fourth-order valence-electron chi connectivity index (χ4n) is 1.32. The molecule has 1 unspecified atom stereocenters. The van der Waals surface area contributed by atoms with E-state index in [1.165, 1.54) is 0 Å². The molecule has 6 nitrogen and oxygen atoms in total. The molecule has 0 saturated heterocycles. The van der Waals surface area contributed by atoms with Gasteiger partial charge in [-0.1, -0.05) is 13.3 Å². The fraction of sp³-hybridized carbons (Fsp3) is 0.600. The monoisotopic (exact) mass is 228 g/mol. The van der Waals surface area contributed by atoms with E-state index in [-0.39, 0.29) is 18.3 Å². The summed E-state index contributed by atoms with van der Waals surface area (Å²) < 4.78 is 4.93. The van der Waals surface area contributed by atoms with Crippen LogP contribution in [0.2, 0.25) is 0 Å². The smallest absolute Gasteiger partial charge is 0.357 e. The van der Waals surface area contributed by atoms with Crippen LogP contribution in [-0.2, 0) is 0 Å². The highest BCUT2D eigenvalue weighted by Gasteiger charge is 2.11. The number of oxazole rings is 1. The van der Waals surface area contributed by atoms with E-state index in [1.54, 1.807) is 0 Å². The van der Waals surface area contributed by atoms with E-state index in [2.05, 4.69) is 10.3 Å². The first-order valence-corrected chi connectivity index (χ1v) is 5.21. The molecule has 1 atom stereocenters. The Labute approximate surface area is 93.3 Å². The van der Waals surface area contributed by atoms with Crippen molar-refractivity contribution in [3.63, 3.8) is 0 Å². The van der Waals surface area contributed by atoms with Crippen molar-refractivity contribution in [2.75, 3.05) is 18.5 Å². The SMILES string of the molecule is CCC(CCO)CNc1nc(C(=O)O)co1. The highest BCUT2D eigenvalue weighted by Crippen LogP contribution is 2.11. The van der Waals surface area contributed by atoms with Gasteiger partial charge < -0.3 is 19.9 Å². The van der Waals surface area contributed by atoms with Gasteiger partial charge in [0, 0.05) is 13.2 Å². The van der Waals surface area contributed by atoms with Crippen molar-refractivity contribution < 1.29 is 19.4 Å². The second kappa shape index (κ2) is 6.12. The summed E-state index contributed by atoms with van der Waals surface area (Å²) in [6, 6.07) is 0.203. The number of carboxylic acids is 1. The first-order chi connectivity index (χ1) is 7.67. The van der Waals surface area contributed by atoms with Gasteiger partial charge in [0.15, 0.2) is 5.69 Å². The molecule has 6 heteroatoms. The van der Waals surface area contributed by atoms with Gasteiger partial charge in [0.2, 0.25) is 0 Å². The van der Waals surface area contributed by atoms with Crippen LogP contribution in [0.4, 0.5) is 6.01 Å². The van der Waals surface area contributed by atoms with Gasteiger partial charge in [-0.05, 0) is 12.3 Å². The minimum absolute atomic E-state index is 0.113. The normalized spacial score (nSPS) is 12.4. The number of anilines is 1. The van der Waals surface area contributed by atoms with Crippen molar-refractivity contribution in [3.05, 3.63) is 12.0 Å². The molecule has 0 spiro atoms. The van der Waals surface area contributed by atoms with Crippen molar-refractivity contribution in [2.24, 2.45) is 5.92 Å². The highest BCUT2D eigenvalue weighted by atomic mass is 16.4. The molecule has 1 heterocycles. The van der Waals surface area contributed by atoms with Gasteiger partial charge in [0.1, 0.15) is 6.26 Å². The molecule has 0 aliphatic rings. The Balaban J connectivity index is 2.44. The van der Waals surface area contributed by atoms with Gasteiger partial charge in [0.25, 0.3) is 6.01 Å². The zero-order valence-corrected chi connectivity index (χ0v) is 9.14. The molecular weight excluding hydrogens is 212 g/mol. The number of aliphatic hydroxyl groups is 1. The molecule has 1 aromatic rings. The molecule has 16 heavy (non-hydrogen) atoms. The van der Waals surface area contributed by atoms with Crippen LogP contribution in [0.5, 0.6) is 0 Å². The van der Waals surface area contributed by atoms with Crippen LogP contribution < -0.4 is 5.32 Å². The molecule has 0 saturated carbocycles. The number of nitrogens with one attached hydrogen (secondary N) is 1. The van der Waals surface area contributed by atoms with Gasteiger partial charge in [0.05, 0.1) is 0 Å². The maximum absolute atomic E-state index is 10.5. The molecule has 0 aliphatic carbocycles. The Bertz CT molecular complexity index is 337. The number of aromatic nitrogens is 1. The third kappa shape index (κ3) is 3.54. The predicted molar refractivity (Wildman–Crippen MR) is 57.4 cm³/mol. The van der Waals surface area contributed by atoms with Crippen LogP contribution in [0.25, 0.3) is 0 Å². The molecule has 0 aliphatic heterocycles. The van der Waals surface area contributed by atoms with Gasteiger partial charge in [-0.3, -0.25) is 0 Å². The number of carboxylic acid groups (broad SMARTS) is 1. The quantitative estimate of drug-likeness (QED) is 0.648. The molecule has 0 radical (unpaired) electrons. The second-order valence-corrected chi connectivity index (χ2v) is 3.51. The Morgan fingerprint density at radius 2 is 2.44 bits per heavy atom. The number of hydrogen-bond donors (Lipinski definition) is 3. The van der Waals surface area contributed by atoms with Crippen LogP contribution in [0.1, 0.15) is 30.3 Å². The standard InChI is InChI=1S/C10H16N2O4/c1-2-7(3-4-13)5-11-10-12-8(6-16-10)9(14)15/h6-7,13H,2-5H2,1H3,(H,11,12)(H,14,15). The highest BCUT2D eigenvalue weighted by molar-refractivity contribution is 5.85. The third-order valence-electron chi connectivity index (χ3n) is 2.38. The zero-order valence-electron chi connectivity index (χ0n) is 9.14. The van der Waals surface area contributed by atoms with E-state index in [0.29, 0.717) is 18.9 Å². The number of hydrogen-bond acceptors (Lipinski definition) is 5. The van der Waals surface area contributed by atoms with E-state index in [0.717, 1.165) is 12.7 Å². The van der Waals surface area contributed by atoms with Crippen LogP contribution in [0, 0.1) is 5.92 Å². The lowest BCUT2D eigenvalue weighted by molar-refractivity contribution is 0.0690. The number of rotatable bonds is 7. The lowest BCUT2D eigenvalue weighted by Gasteiger charge is -2.12. The van der Waals surface area contributed by atoms with E-state index in [9.17, 15) is 4.79 Å². The number of carbonyl (C=O) groups is 1. The summed E-state index contributed by atoms with van der Waals surface area (Å²) in [5.74, 6) is -0.788. The van der Waals surface area contributed by atoms with Gasteiger partial charge in [-0.2, -0.15) is 4.98 Å². The number of aromatic carboxylic acids is 1. The maximum atomic E-state index is 10.5. The minimum atomic E-state index is -1.11. The average Bonchev–Trinajstić information content (AvgIpc) is 2.73. The Morgan fingerprint density at radius 1 is 1.69 bits per heavy atom. The summed E-state index contributed by atoms with van der Waals surface area (Å²) in [5, 5.41) is 20.3. The largest absolute Gasteiger partial charge is 0.476 e. The molecule has 90 valence electrons. The van der Waals surface area contributed by atoms with Gasteiger partial charge in [-0.15, -0.1) is 0 Å². The summed E-state index contributed by atoms with van der Waals surface area (Å²) >= 11 is 0. The molecular formula is C10H16N2O4. The molecule has 0 fully saturated rings. The molecule has 3 N–H and O–H groups in total. The first kappa shape index (κ1) is 12.5. The minimum Gasteiger partial charge on any atom is -0.476 e. The van der Waals surface area contributed by atoms with Crippen molar-refractivity contribution >= 4 is 12.0 Å². The second-order valence-electron chi connectivity index (χ2n) is 3.51. The van der Waals surface area contributed by atoms with Crippen LogP contribution in [0.15, 0.2) is 10.7 Å². The third-order valence-corrected chi connectivity index (χ3v) is 2.38. The molecule has 0 amide bonds. The van der Waals surface area contributed by atoms with Crippen LogP contribution in [0.3, 0.4) is 0 Å². The number of aliphatic hydroxyl groups excluding tert-OH is 1. The van der Waals surface area contributed by atoms with Gasteiger partial charge >= 0.3 is 5.97 Å². The Kier molecular flexibility index (Phi) is 4.78. The van der Waals surface area contributed by atoms with Crippen molar-refractivity contribution in [1.29, 1.82) is 0 Å². The van der Waals surface area contributed by atoms with Crippen molar-refractivity contribution in [1.82, 2.24) is 4.98 Å². The van der Waals surface area contributed by atoms with E-state index < -0.39 is 5.97 Å². The van der Waals surface area contributed by atoms with Crippen LogP contribution in [-0.4, -0.2) is 34.3 Å². The summed E-state index contributed by atoms with van der Waals surface area (Å²) in [6.45, 7) is 2.78. The van der Waals surface area contributed by atoms with E-state index in [1.807, 2.05) is 6.92 Å². The lowest BCUT2D eigenvalue weighted by atomic mass is 10.0. The molecule has 0 bridgehead atoms. The molecule has 0 aromatic carbocycles. The van der Waals surface area contributed by atoms with E-state index >= 15 is 0 Å².